The van der Waals surface area contributed by atoms with Crippen LogP contribution in [0.15, 0.2) is 48.5 Å². The Morgan fingerprint density at radius 2 is 1.75 bits per heavy atom. The number of aromatic nitrogens is 1. The molecule has 6 heteroatoms. The van der Waals surface area contributed by atoms with E-state index in [-0.39, 0.29) is 18.0 Å². The van der Waals surface area contributed by atoms with E-state index in [9.17, 15) is 14.4 Å². The van der Waals surface area contributed by atoms with Crippen LogP contribution >= 0.6 is 0 Å². The monoisotopic (exact) mass is 378 g/mol. The van der Waals surface area contributed by atoms with Crippen molar-refractivity contribution in [1.82, 2.24) is 4.57 Å². The number of ether oxygens (including phenoxy) is 1. The van der Waals surface area contributed by atoms with Crippen molar-refractivity contribution < 1.29 is 19.1 Å². The third-order valence-electron chi connectivity index (χ3n) is 4.56. The van der Waals surface area contributed by atoms with Crippen LogP contribution in [0, 0.1) is 0 Å². The van der Waals surface area contributed by atoms with Crippen LogP contribution in [0.5, 0.6) is 5.75 Å². The molecule has 3 aromatic rings. The number of amides is 1. The Kier molecular flexibility index (Phi) is 5.59. The molecule has 0 aliphatic rings. The number of Topliss-reactive ketones (excluding diaryl/α,β-unsaturated/α-hetero) is 2. The second-order valence-electron chi connectivity index (χ2n) is 6.58. The van der Waals surface area contributed by atoms with Gasteiger partial charge in [-0.2, -0.15) is 0 Å². The van der Waals surface area contributed by atoms with Crippen LogP contribution in [-0.2, 0) is 22.6 Å². The number of hydrogen-bond acceptors (Lipinski definition) is 4. The van der Waals surface area contributed by atoms with Gasteiger partial charge in [0.25, 0.3) is 11.7 Å². The van der Waals surface area contributed by atoms with Gasteiger partial charge in [-0.15, -0.1) is 0 Å². The number of rotatable bonds is 8. The maximum atomic E-state index is 12.7. The molecule has 1 amide bonds. The zero-order valence-electron chi connectivity index (χ0n) is 15.9. The fourth-order valence-corrected chi connectivity index (χ4v) is 3.40. The first-order valence-corrected chi connectivity index (χ1v) is 9.08. The van der Waals surface area contributed by atoms with Crippen molar-refractivity contribution in [2.24, 2.45) is 5.73 Å². The molecule has 0 aliphatic carbocycles. The van der Waals surface area contributed by atoms with E-state index in [4.69, 9.17) is 10.5 Å². The Morgan fingerprint density at radius 3 is 2.36 bits per heavy atom. The Morgan fingerprint density at radius 1 is 1.04 bits per heavy atom. The van der Waals surface area contributed by atoms with E-state index in [1.165, 1.54) is 6.92 Å². The van der Waals surface area contributed by atoms with Gasteiger partial charge in [-0.05, 0) is 31.0 Å². The molecule has 1 heterocycles. The largest absolute Gasteiger partial charge is 0.485 e. The number of carbonyl (C=O) groups excluding carboxylic acids is 3. The Hall–Kier alpha value is -3.41. The molecule has 0 saturated carbocycles. The van der Waals surface area contributed by atoms with Crippen LogP contribution in [0.1, 0.15) is 35.5 Å². The second-order valence-corrected chi connectivity index (χ2v) is 6.58. The first kappa shape index (κ1) is 19.4. The highest BCUT2D eigenvalue weighted by Crippen LogP contribution is 2.35. The summed E-state index contributed by atoms with van der Waals surface area (Å²) in [6, 6.07) is 15.2. The van der Waals surface area contributed by atoms with Crippen LogP contribution in [0.4, 0.5) is 0 Å². The highest BCUT2D eigenvalue weighted by atomic mass is 16.5. The second kappa shape index (κ2) is 8.08. The number of primary amides is 1. The van der Waals surface area contributed by atoms with Crippen molar-refractivity contribution in [3.8, 4) is 5.75 Å². The molecule has 2 aromatic carbocycles. The normalized spacial score (nSPS) is 10.8. The van der Waals surface area contributed by atoms with E-state index in [2.05, 4.69) is 0 Å². The fourth-order valence-electron chi connectivity index (χ4n) is 3.40. The topological polar surface area (TPSA) is 91.4 Å². The van der Waals surface area contributed by atoms with Gasteiger partial charge >= 0.3 is 0 Å². The van der Waals surface area contributed by atoms with Crippen LogP contribution in [-0.4, -0.2) is 28.6 Å². The van der Waals surface area contributed by atoms with Gasteiger partial charge in [0.1, 0.15) is 12.4 Å². The molecule has 0 unspecified atom stereocenters. The maximum absolute atomic E-state index is 12.7. The average molecular weight is 378 g/mol. The molecule has 144 valence electrons. The van der Waals surface area contributed by atoms with Crippen molar-refractivity contribution in [3.63, 3.8) is 0 Å². The minimum absolute atomic E-state index is 0.116. The number of hydrogen-bond donors (Lipinski definition) is 1. The lowest BCUT2D eigenvalue weighted by Gasteiger charge is -2.11. The highest BCUT2D eigenvalue weighted by molar-refractivity contribution is 6.45. The summed E-state index contributed by atoms with van der Waals surface area (Å²) >= 11 is 0. The zero-order valence-corrected chi connectivity index (χ0v) is 15.9. The van der Waals surface area contributed by atoms with Gasteiger partial charge in [-0.25, -0.2) is 0 Å². The van der Waals surface area contributed by atoms with Gasteiger partial charge in [0.05, 0.1) is 16.5 Å². The summed E-state index contributed by atoms with van der Waals surface area (Å²) in [5.41, 5.74) is 8.10. The lowest BCUT2D eigenvalue weighted by atomic mass is 10.0. The summed E-state index contributed by atoms with van der Waals surface area (Å²) in [5.74, 6) is -1.53. The van der Waals surface area contributed by atoms with E-state index in [0.29, 0.717) is 29.8 Å². The third-order valence-corrected chi connectivity index (χ3v) is 4.56. The standard InChI is InChI=1S/C22H22N2O4/c1-3-16-20(21(26)22(23)27)19-17(10-7-11-18(19)28-13-14(2)25)24(16)12-15-8-5-4-6-9-15/h4-11H,3,12-13H2,1-2H3,(H2,23,27). The van der Waals surface area contributed by atoms with Gasteiger partial charge in [0.15, 0.2) is 5.78 Å². The summed E-state index contributed by atoms with van der Waals surface area (Å²) < 4.78 is 7.65. The molecule has 2 N–H and O–H groups in total. The SMILES string of the molecule is CCc1c(C(=O)C(N)=O)c2c(OCC(C)=O)cccc2n1Cc1ccccc1. The van der Waals surface area contributed by atoms with Crippen molar-refractivity contribution in [1.29, 1.82) is 0 Å². The molecule has 6 nitrogen and oxygen atoms in total. The number of nitrogens with zero attached hydrogens (tertiary/aromatic N) is 1. The average Bonchev–Trinajstić information content (AvgIpc) is 3.00. The summed E-state index contributed by atoms with van der Waals surface area (Å²) in [5, 5.41) is 0.514. The van der Waals surface area contributed by atoms with Crippen LogP contribution in [0.3, 0.4) is 0 Å². The minimum Gasteiger partial charge on any atom is -0.485 e. The van der Waals surface area contributed by atoms with Crippen molar-refractivity contribution in [3.05, 3.63) is 65.4 Å². The van der Waals surface area contributed by atoms with E-state index in [1.54, 1.807) is 12.1 Å². The van der Waals surface area contributed by atoms with E-state index in [1.807, 2.05) is 47.9 Å². The number of benzene rings is 2. The molecular formula is C22H22N2O4. The van der Waals surface area contributed by atoms with Crippen molar-refractivity contribution in [2.45, 2.75) is 26.8 Å². The lowest BCUT2D eigenvalue weighted by Crippen LogP contribution is -2.24. The van der Waals surface area contributed by atoms with Crippen LogP contribution < -0.4 is 10.5 Å². The summed E-state index contributed by atoms with van der Waals surface area (Å²) in [6.45, 7) is 3.76. The molecule has 0 radical (unpaired) electrons. The van der Waals surface area contributed by atoms with Gasteiger partial charge in [-0.3, -0.25) is 14.4 Å². The number of ketones is 2. The van der Waals surface area contributed by atoms with Crippen LogP contribution in [0.25, 0.3) is 10.9 Å². The quantitative estimate of drug-likeness (QED) is 0.482. The predicted molar refractivity (Wildman–Crippen MR) is 107 cm³/mol. The van der Waals surface area contributed by atoms with Gasteiger partial charge in [0.2, 0.25) is 0 Å². The first-order valence-electron chi connectivity index (χ1n) is 9.08. The molecule has 0 fully saturated rings. The highest BCUT2D eigenvalue weighted by Gasteiger charge is 2.27. The van der Waals surface area contributed by atoms with Crippen LogP contribution in [0.2, 0.25) is 0 Å². The van der Waals surface area contributed by atoms with Gasteiger partial charge in [-0.1, -0.05) is 43.3 Å². The summed E-state index contributed by atoms with van der Waals surface area (Å²) in [6.07, 6.45) is 0.530. The summed E-state index contributed by atoms with van der Waals surface area (Å²) in [7, 11) is 0. The third kappa shape index (κ3) is 3.67. The fraction of sp³-hybridized carbons (Fsp3) is 0.227. The first-order chi connectivity index (χ1) is 13.4. The smallest absolute Gasteiger partial charge is 0.289 e. The molecule has 1 aromatic heterocycles. The van der Waals surface area contributed by atoms with Crippen molar-refractivity contribution >= 4 is 28.4 Å². The molecule has 0 saturated heterocycles. The van der Waals surface area contributed by atoms with Gasteiger partial charge in [0, 0.05) is 12.2 Å². The van der Waals surface area contributed by atoms with E-state index >= 15 is 0 Å². The molecule has 0 aliphatic heterocycles. The maximum Gasteiger partial charge on any atom is 0.289 e. The number of fused-ring (bicyclic) bond motifs is 1. The van der Waals surface area contributed by atoms with Crippen molar-refractivity contribution in [2.75, 3.05) is 6.61 Å². The molecule has 0 bridgehead atoms. The van der Waals surface area contributed by atoms with E-state index in [0.717, 1.165) is 11.1 Å². The predicted octanol–water partition coefficient (Wildman–Crippen LogP) is 2.89. The zero-order chi connectivity index (χ0) is 20.3. The number of carbonyl (C=O) groups is 3. The van der Waals surface area contributed by atoms with E-state index < -0.39 is 11.7 Å². The lowest BCUT2D eigenvalue weighted by molar-refractivity contribution is -0.119. The molecule has 0 atom stereocenters. The number of nitrogens with two attached hydrogens (primary N) is 1. The Balaban J connectivity index is 2.27. The molecular weight excluding hydrogens is 356 g/mol. The summed E-state index contributed by atoms with van der Waals surface area (Å²) in [4.78, 5) is 35.8. The Labute approximate surface area is 162 Å². The minimum atomic E-state index is -1.02. The molecule has 28 heavy (non-hydrogen) atoms. The molecule has 3 rings (SSSR count). The Bertz CT molecular complexity index is 1050. The molecule has 0 spiro atoms. The van der Waals surface area contributed by atoms with Gasteiger partial charge < -0.3 is 15.0 Å².